The summed E-state index contributed by atoms with van der Waals surface area (Å²) in [7, 11) is 0. The maximum Gasteiger partial charge on any atom is 0.251 e. The third kappa shape index (κ3) is 3.30. The number of hydrogen-bond donors (Lipinski definition) is 0. The van der Waals surface area contributed by atoms with Crippen LogP contribution in [0.3, 0.4) is 0 Å². The Morgan fingerprint density at radius 3 is 2.59 bits per heavy atom. The number of ether oxygens (including phenoxy) is 1. The molecule has 1 fully saturated rings. The number of benzene rings is 1. The molecule has 1 atom stereocenters. The zero-order valence-electron chi connectivity index (χ0n) is 10.3. The van der Waals surface area contributed by atoms with Gasteiger partial charge in [-0.1, -0.05) is 30.3 Å². The van der Waals surface area contributed by atoms with Crippen LogP contribution in [0.2, 0.25) is 0 Å². The lowest BCUT2D eigenvalue weighted by Gasteiger charge is -2.20. The van der Waals surface area contributed by atoms with Gasteiger partial charge in [0.2, 0.25) is 0 Å². The van der Waals surface area contributed by atoms with Crippen LogP contribution in [0.5, 0.6) is 0 Å². The van der Waals surface area contributed by atoms with Crippen molar-refractivity contribution in [2.45, 2.75) is 32.5 Å². The standard InChI is InChI=1S/C14H19NO2/c1-12(14(16)15-9-5-6-10-15)17-11-13-7-3-2-4-8-13/h2-4,7-8,12H,5-6,9-11H2,1H3. The molecule has 0 saturated carbocycles. The quantitative estimate of drug-likeness (QED) is 0.798. The van der Waals surface area contributed by atoms with Gasteiger partial charge in [0.15, 0.2) is 0 Å². The summed E-state index contributed by atoms with van der Waals surface area (Å²) in [6.45, 7) is 4.11. The molecule has 17 heavy (non-hydrogen) atoms. The third-order valence-corrected chi connectivity index (χ3v) is 3.11. The second kappa shape index (κ2) is 5.82. The average Bonchev–Trinajstić information content (AvgIpc) is 2.90. The molecule has 0 bridgehead atoms. The number of likely N-dealkylation sites (tertiary alicyclic amines) is 1. The maximum atomic E-state index is 12.0. The fourth-order valence-electron chi connectivity index (χ4n) is 2.06. The smallest absolute Gasteiger partial charge is 0.251 e. The van der Waals surface area contributed by atoms with Crippen molar-refractivity contribution < 1.29 is 9.53 Å². The molecule has 0 N–H and O–H groups in total. The molecule has 1 aromatic carbocycles. The fourth-order valence-corrected chi connectivity index (χ4v) is 2.06. The average molecular weight is 233 g/mol. The fraction of sp³-hybridized carbons (Fsp3) is 0.500. The highest BCUT2D eigenvalue weighted by Crippen LogP contribution is 2.11. The number of amides is 1. The summed E-state index contributed by atoms with van der Waals surface area (Å²) < 4.78 is 5.61. The van der Waals surface area contributed by atoms with Crippen LogP contribution in [0.15, 0.2) is 30.3 Å². The zero-order chi connectivity index (χ0) is 12.1. The predicted molar refractivity (Wildman–Crippen MR) is 66.5 cm³/mol. The Bertz CT molecular complexity index is 358. The number of carbonyl (C=O) groups excluding carboxylic acids is 1. The predicted octanol–water partition coefficient (Wildman–Crippen LogP) is 2.21. The molecule has 1 aliphatic rings. The Balaban J connectivity index is 1.80. The second-order valence-electron chi connectivity index (χ2n) is 4.47. The number of hydrogen-bond acceptors (Lipinski definition) is 2. The van der Waals surface area contributed by atoms with Crippen LogP contribution in [-0.2, 0) is 16.1 Å². The molecule has 1 amide bonds. The summed E-state index contributed by atoms with van der Waals surface area (Å²) in [6, 6.07) is 9.94. The lowest BCUT2D eigenvalue weighted by molar-refractivity contribution is -0.142. The molecule has 0 spiro atoms. The van der Waals surface area contributed by atoms with Gasteiger partial charge in [-0.15, -0.1) is 0 Å². The van der Waals surface area contributed by atoms with E-state index in [-0.39, 0.29) is 12.0 Å². The van der Waals surface area contributed by atoms with Gasteiger partial charge >= 0.3 is 0 Å². The number of rotatable bonds is 4. The van der Waals surface area contributed by atoms with Crippen molar-refractivity contribution in [3.63, 3.8) is 0 Å². The van der Waals surface area contributed by atoms with E-state index in [9.17, 15) is 4.79 Å². The Morgan fingerprint density at radius 2 is 1.94 bits per heavy atom. The van der Waals surface area contributed by atoms with Crippen molar-refractivity contribution in [1.82, 2.24) is 4.90 Å². The van der Waals surface area contributed by atoms with Gasteiger partial charge in [0, 0.05) is 13.1 Å². The lowest BCUT2D eigenvalue weighted by Crippen LogP contribution is -2.36. The largest absolute Gasteiger partial charge is 0.364 e. The van der Waals surface area contributed by atoms with Crippen molar-refractivity contribution in [2.24, 2.45) is 0 Å². The van der Waals surface area contributed by atoms with Crippen molar-refractivity contribution in [1.29, 1.82) is 0 Å². The van der Waals surface area contributed by atoms with Crippen LogP contribution in [0, 0.1) is 0 Å². The number of nitrogens with zero attached hydrogens (tertiary/aromatic N) is 1. The Morgan fingerprint density at radius 1 is 1.29 bits per heavy atom. The van der Waals surface area contributed by atoms with Crippen LogP contribution in [0.25, 0.3) is 0 Å². The summed E-state index contributed by atoms with van der Waals surface area (Å²) in [5, 5.41) is 0. The molecule has 0 radical (unpaired) electrons. The van der Waals surface area contributed by atoms with Gasteiger partial charge in [0.1, 0.15) is 6.10 Å². The van der Waals surface area contributed by atoms with Gasteiger partial charge in [-0.05, 0) is 25.3 Å². The minimum atomic E-state index is -0.340. The molecule has 1 unspecified atom stereocenters. The highest BCUT2D eigenvalue weighted by atomic mass is 16.5. The minimum Gasteiger partial charge on any atom is -0.364 e. The highest BCUT2D eigenvalue weighted by molar-refractivity contribution is 5.80. The van der Waals surface area contributed by atoms with Gasteiger partial charge in [-0.2, -0.15) is 0 Å². The highest BCUT2D eigenvalue weighted by Gasteiger charge is 2.23. The van der Waals surface area contributed by atoms with E-state index in [1.54, 1.807) is 0 Å². The van der Waals surface area contributed by atoms with E-state index in [0.717, 1.165) is 31.5 Å². The topological polar surface area (TPSA) is 29.5 Å². The Kier molecular flexibility index (Phi) is 4.15. The van der Waals surface area contributed by atoms with Crippen LogP contribution in [0.1, 0.15) is 25.3 Å². The minimum absolute atomic E-state index is 0.124. The molecule has 3 heteroatoms. The number of carbonyl (C=O) groups is 1. The molecule has 0 aliphatic carbocycles. The molecular formula is C14H19NO2. The Hall–Kier alpha value is -1.35. The summed E-state index contributed by atoms with van der Waals surface area (Å²) in [4.78, 5) is 13.9. The molecule has 1 aliphatic heterocycles. The van der Waals surface area contributed by atoms with E-state index < -0.39 is 0 Å². The SMILES string of the molecule is CC(OCc1ccccc1)C(=O)N1CCCC1. The van der Waals surface area contributed by atoms with Gasteiger partial charge in [0.05, 0.1) is 6.61 Å². The van der Waals surface area contributed by atoms with Crippen LogP contribution in [0.4, 0.5) is 0 Å². The van der Waals surface area contributed by atoms with Crippen molar-refractivity contribution in [2.75, 3.05) is 13.1 Å². The van der Waals surface area contributed by atoms with Crippen LogP contribution < -0.4 is 0 Å². The van der Waals surface area contributed by atoms with Gasteiger partial charge in [-0.3, -0.25) is 4.79 Å². The van der Waals surface area contributed by atoms with Crippen LogP contribution >= 0.6 is 0 Å². The lowest BCUT2D eigenvalue weighted by atomic mass is 10.2. The summed E-state index contributed by atoms with van der Waals surface area (Å²) in [5.74, 6) is 0.124. The maximum absolute atomic E-state index is 12.0. The van der Waals surface area contributed by atoms with E-state index >= 15 is 0 Å². The van der Waals surface area contributed by atoms with Gasteiger partial charge in [0.25, 0.3) is 5.91 Å². The molecule has 0 aromatic heterocycles. The molecule has 3 nitrogen and oxygen atoms in total. The molecular weight excluding hydrogens is 214 g/mol. The molecule has 1 aromatic rings. The van der Waals surface area contributed by atoms with Crippen LogP contribution in [-0.4, -0.2) is 30.0 Å². The van der Waals surface area contributed by atoms with E-state index in [2.05, 4.69) is 0 Å². The van der Waals surface area contributed by atoms with E-state index in [1.165, 1.54) is 0 Å². The first kappa shape index (κ1) is 12.1. The second-order valence-corrected chi connectivity index (χ2v) is 4.47. The molecule has 1 saturated heterocycles. The molecule has 92 valence electrons. The van der Waals surface area contributed by atoms with E-state index in [4.69, 9.17) is 4.74 Å². The van der Waals surface area contributed by atoms with Gasteiger partial charge < -0.3 is 9.64 Å². The van der Waals surface area contributed by atoms with E-state index in [1.807, 2.05) is 42.2 Å². The van der Waals surface area contributed by atoms with Gasteiger partial charge in [-0.25, -0.2) is 0 Å². The summed E-state index contributed by atoms with van der Waals surface area (Å²) in [6.07, 6.45) is 1.90. The van der Waals surface area contributed by atoms with Crippen molar-refractivity contribution in [3.05, 3.63) is 35.9 Å². The molecule has 2 rings (SSSR count). The van der Waals surface area contributed by atoms with E-state index in [0.29, 0.717) is 6.61 Å². The summed E-state index contributed by atoms with van der Waals surface area (Å²) in [5.41, 5.74) is 1.11. The molecule has 1 heterocycles. The first-order valence-electron chi connectivity index (χ1n) is 6.21. The normalized spacial score (nSPS) is 17.1. The van der Waals surface area contributed by atoms with Crippen molar-refractivity contribution in [3.8, 4) is 0 Å². The first-order chi connectivity index (χ1) is 8.27. The zero-order valence-corrected chi connectivity index (χ0v) is 10.3. The Labute approximate surface area is 102 Å². The summed E-state index contributed by atoms with van der Waals surface area (Å²) >= 11 is 0. The first-order valence-corrected chi connectivity index (χ1v) is 6.21. The monoisotopic (exact) mass is 233 g/mol. The third-order valence-electron chi connectivity index (χ3n) is 3.11. The van der Waals surface area contributed by atoms with Crippen molar-refractivity contribution >= 4 is 5.91 Å².